The van der Waals surface area contributed by atoms with Crippen LogP contribution in [0.1, 0.15) is 23.6 Å². The van der Waals surface area contributed by atoms with Crippen LogP contribution in [-0.4, -0.2) is 29.0 Å². The van der Waals surface area contributed by atoms with Crippen molar-refractivity contribution in [3.63, 3.8) is 0 Å². The zero-order valence-corrected chi connectivity index (χ0v) is 17.0. The predicted octanol–water partition coefficient (Wildman–Crippen LogP) is 4.32. The Morgan fingerprint density at radius 1 is 1.00 bits per heavy atom. The molecule has 0 aliphatic carbocycles. The van der Waals surface area contributed by atoms with E-state index in [4.69, 9.17) is 4.99 Å². The number of rotatable bonds is 6. The van der Waals surface area contributed by atoms with Crippen molar-refractivity contribution >= 4 is 27.8 Å². The van der Waals surface area contributed by atoms with Gasteiger partial charge in [-0.2, -0.15) is 0 Å². The number of aromatic amines is 1. The molecule has 5 heteroatoms. The SMILES string of the molecule is CCNC(=NCc1ccnc2ccccc12)NCCc1c[nH]c2c(C)cccc12. The van der Waals surface area contributed by atoms with Crippen molar-refractivity contribution in [2.24, 2.45) is 4.99 Å². The van der Waals surface area contributed by atoms with Gasteiger partial charge in [0.25, 0.3) is 0 Å². The largest absolute Gasteiger partial charge is 0.361 e. The van der Waals surface area contributed by atoms with E-state index in [2.05, 4.69) is 64.9 Å². The minimum atomic E-state index is 0.616. The fourth-order valence-electron chi connectivity index (χ4n) is 3.69. The first-order valence-electron chi connectivity index (χ1n) is 10.2. The number of fused-ring (bicyclic) bond motifs is 2. The first kappa shape index (κ1) is 19.0. The highest BCUT2D eigenvalue weighted by Gasteiger charge is 2.06. The molecule has 0 bridgehead atoms. The molecule has 2 aromatic carbocycles. The lowest BCUT2D eigenvalue weighted by molar-refractivity contribution is 0.802. The maximum atomic E-state index is 4.79. The lowest BCUT2D eigenvalue weighted by Crippen LogP contribution is -2.38. The van der Waals surface area contributed by atoms with Crippen LogP contribution in [0.4, 0.5) is 0 Å². The second-order valence-corrected chi connectivity index (χ2v) is 7.17. The number of nitrogens with one attached hydrogen (secondary N) is 3. The van der Waals surface area contributed by atoms with E-state index in [0.29, 0.717) is 6.54 Å². The molecular formula is C24H27N5. The average Bonchev–Trinajstić information content (AvgIpc) is 3.16. The molecule has 3 N–H and O–H groups in total. The number of aryl methyl sites for hydroxylation is 1. The first-order valence-corrected chi connectivity index (χ1v) is 10.2. The number of guanidine groups is 1. The Hall–Kier alpha value is -3.34. The summed E-state index contributed by atoms with van der Waals surface area (Å²) in [7, 11) is 0. The van der Waals surface area contributed by atoms with E-state index in [1.807, 2.05) is 30.5 Å². The summed E-state index contributed by atoms with van der Waals surface area (Å²) in [5.74, 6) is 0.837. The van der Waals surface area contributed by atoms with E-state index in [-0.39, 0.29) is 0 Å². The maximum absolute atomic E-state index is 4.79. The minimum Gasteiger partial charge on any atom is -0.361 e. The molecule has 0 saturated heterocycles. The van der Waals surface area contributed by atoms with Crippen LogP contribution in [0.15, 0.2) is 65.9 Å². The van der Waals surface area contributed by atoms with Gasteiger partial charge in [-0.25, -0.2) is 4.99 Å². The smallest absolute Gasteiger partial charge is 0.191 e. The summed E-state index contributed by atoms with van der Waals surface area (Å²) in [6.45, 7) is 6.49. The van der Waals surface area contributed by atoms with E-state index in [9.17, 15) is 0 Å². The second kappa shape index (κ2) is 8.78. The average molecular weight is 386 g/mol. The summed E-state index contributed by atoms with van der Waals surface area (Å²) >= 11 is 0. The molecule has 4 aromatic rings. The number of hydrogen-bond donors (Lipinski definition) is 3. The van der Waals surface area contributed by atoms with Gasteiger partial charge in [-0.3, -0.25) is 4.98 Å². The Balaban J connectivity index is 1.44. The molecular weight excluding hydrogens is 358 g/mol. The van der Waals surface area contributed by atoms with Crippen LogP contribution in [0.2, 0.25) is 0 Å². The Kier molecular flexibility index (Phi) is 5.75. The molecule has 0 aliphatic rings. The van der Waals surface area contributed by atoms with Gasteiger partial charge in [-0.1, -0.05) is 36.4 Å². The van der Waals surface area contributed by atoms with Crippen molar-refractivity contribution < 1.29 is 0 Å². The lowest BCUT2D eigenvalue weighted by atomic mass is 10.1. The summed E-state index contributed by atoms with van der Waals surface area (Å²) in [5.41, 5.74) is 6.02. The van der Waals surface area contributed by atoms with E-state index < -0.39 is 0 Å². The molecule has 5 nitrogen and oxygen atoms in total. The van der Waals surface area contributed by atoms with Gasteiger partial charge in [0, 0.05) is 41.8 Å². The number of benzene rings is 2. The van der Waals surface area contributed by atoms with E-state index in [1.165, 1.54) is 27.6 Å². The lowest BCUT2D eigenvalue weighted by Gasteiger charge is -2.11. The molecule has 0 spiro atoms. The maximum Gasteiger partial charge on any atom is 0.191 e. The van der Waals surface area contributed by atoms with Gasteiger partial charge in [0.2, 0.25) is 0 Å². The number of pyridine rings is 1. The Morgan fingerprint density at radius 3 is 2.76 bits per heavy atom. The highest BCUT2D eigenvalue weighted by molar-refractivity contribution is 5.86. The molecule has 29 heavy (non-hydrogen) atoms. The van der Waals surface area contributed by atoms with Crippen molar-refractivity contribution in [3.8, 4) is 0 Å². The third-order valence-corrected chi connectivity index (χ3v) is 5.19. The van der Waals surface area contributed by atoms with Crippen molar-refractivity contribution in [3.05, 3.63) is 77.6 Å². The van der Waals surface area contributed by atoms with Crippen LogP contribution in [-0.2, 0) is 13.0 Å². The molecule has 0 unspecified atom stereocenters. The predicted molar refractivity (Wildman–Crippen MR) is 121 cm³/mol. The normalized spacial score (nSPS) is 11.9. The van der Waals surface area contributed by atoms with Crippen LogP contribution in [0.25, 0.3) is 21.8 Å². The Bertz CT molecular complexity index is 1140. The fourth-order valence-corrected chi connectivity index (χ4v) is 3.69. The molecule has 0 atom stereocenters. The van der Waals surface area contributed by atoms with E-state index in [0.717, 1.165) is 36.4 Å². The monoisotopic (exact) mass is 385 g/mol. The highest BCUT2D eigenvalue weighted by Crippen LogP contribution is 2.21. The number of para-hydroxylation sites is 2. The topological polar surface area (TPSA) is 65.1 Å². The summed E-state index contributed by atoms with van der Waals surface area (Å²) in [6, 6.07) is 16.7. The van der Waals surface area contributed by atoms with Crippen molar-refractivity contribution in [1.29, 1.82) is 0 Å². The zero-order chi connectivity index (χ0) is 20.1. The van der Waals surface area contributed by atoms with Gasteiger partial charge < -0.3 is 15.6 Å². The molecule has 0 amide bonds. The molecule has 4 rings (SSSR count). The van der Waals surface area contributed by atoms with Gasteiger partial charge in [0.1, 0.15) is 0 Å². The molecule has 2 aromatic heterocycles. The summed E-state index contributed by atoms with van der Waals surface area (Å²) < 4.78 is 0. The molecule has 0 radical (unpaired) electrons. The summed E-state index contributed by atoms with van der Waals surface area (Å²) in [6.07, 6.45) is 4.91. The molecule has 148 valence electrons. The minimum absolute atomic E-state index is 0.616. The van der Waals surface area contributed by atoms with Crippen LogP contribution in [0.5, 0.6) is 0 Å². The summed E-state index contributed by atoms with van der Waals surface area (Å²) in [4.78, 5) is 12.6. The number of aliphatic imine (C=N–C) groups is 1. The van der Waals surface area contributed by atoms with Crippen LogP contribution >= 0.6 is 0 Å². The number of hydrogen-bond acceptors (Lipinski definition) is 2. The second-order valence-electron chi connectivity index (χ2n) is 7.17. The van der Waals surface area contributed by atoms with Crippen LogP contribution in [0, 0.1) is 6.92 Å². The van der Waals surface area contributed by atoms with Gasteiger partial charge >= 0.3 is 0 Å². The van der Waals surface area contributed by atoms with Crippen molar-refractivity contribution in [2.75, 3.05) is 13.1 Å². The van der Waals surface area contributed by atoms with E-state index >= 15 is 0 Å². The third-order valence-electron chi connectivity index (χ3n) is 5.19. The number of aromatic nitrogens is 2. The first-order chi connectivity index (χ1) is 14.3. The van der Waals surface area contributed by atoms with Gasteiger partial charge in [-0.05, 0) is 49.1 Å². The number of nitrogens with zero attached hydrogens (tertiary/aromatic N) is 2. The van der Waals surface area contributed by atoms with E-state index in [1.54, 1.807) is 0 Å². The molecule has 2 heterocycles. The standard InChI is InChI=1S/C24H27N5/c1-3-25-24(29-16-18-11-13-26-22-10-5-4-8-20(18)22)27-14-12-19-15-28-23-17(2)7-6-9-21(19)23/h4-11,13,15,28H,3,12,14,16H2,1-2H3,(H2,25,27,29). The molecule has 0 fully saturated rings. The molecule has 0 aliphatic heterocycles. The number of H-pyrrole nitrogens is 1. The Labute approximate surface area is 171 Å². The Morgan fingerprint density at radius 2 is 1.86 bits per heavy atom. The zero-order valence-electron chi connectivity index (χ0n) is 17.0. The quantitative estimate of drug-likeness (QED) is 0.342. The van der Waals surface area contributed by atoms with Crippen LogP contribution < -0.4 is 10.6 Å². The van der Waals surface area contributed by atoms with Crippen LogP contribution in [0.3, 0.4) is 0 Å². The third kappa shape index (κ3) is 4.24. The molecule has 0 saturated carbocycles. The van der Waals surface area contributed by atoms with Crippen molar-refractivity contribution in [1.82, 2.24) is 20.6 Å². The van der Waals surface area contributed by atoms with Gasteiger partial charge in [-0.15, -0.1) is 0 Å². The van der Waals surface area contributed by atoms with Crippen molar-refractivity contribution in [2.45, 2.75) is 26.8 Å². The fraction of sp³-hybridized carbons (Fsp3) is 0.250. The summed E-state index contributed by atoms with van der Waals surface area (Å²) in [5, 5.41) is 9.27. The highest BCUT2D eigenvalue weighted by atomic mass is 15.2. The van der Waals surface area contributed by atoms with Gasteiger partial charge in [0.05, 0.1) is 12.1 Å². The van der Waals surface area contributed by atoms with Gasteiger partial charge in [0.15, 0.2) is 5.96 Å².